The van der Waals surface area contributed by atoms with E-state index in [0.29, 0.717) is 16.9 Å². The number of nitrogens with two attached hydrogens (primary N) is 1. The Labute approximate surface area is 166 Å². The monoisotopic (exact) mass is 408 g/mol. The first kappa shape index (κ1) is 19.8. The third-order valence-corrected chi connectivity index (χ3v) is 5.55. The SMILES string of the molecule is COC1(N2c3c(-c4cccc(OC(F)(F)F)c4)cnn3C=CC2N)CCCCC1. The number of halogens is 3. The molecule has 1 atom stereocenters. The van der Waals surface area contributed by atoms with Crippen LogP contribution in [0.15, 0.2) is 36.5 Å². The summed E-state index contributed by atoms with van der Waals surface area (Å²) in [6.07, 6.45) is 4.82. The van der Waals surface area contributed by atoms with Gasteiger partial charge in [0.15, 0.2) is 0 Å². The molecule has 0 radical (unpaired) electrons. The molecule has 1 unspecified atom stereocenters. The lowest BCUT2D eigenvalue weighted by molar-refractivity contribution is -0.274. The smallest absolute Gasteiger partial charge is 0.406 e. The van der Waals surface area contributed by atoms with Gasteiger partial charge in [-0.15, -0.1) is 13.2 Å². The second-order valence-corrected chi connectivity index (χ2v) is 7.32. The summed E-state index contributed by atoms with van der Waals surface area (Å²) in [4.78, 5) is 2.01. The molecule has 2 aromatic rings. The Hall–Kier alpha value is -2.52. The molecular weight excluding hydrogens is 385 g/mol. The van der Waals surface area contributed by atoms with Gasteiger partial charge in [0.05, 0.1) is 6.20 Å². The van der Waals surface area contributed by atoms with E-state index in [1.54, 1.807) is 30.3 Å². The molecule has 0 bridgehead atoms. The van der Waals surface area contributed by atoms with E-state index < -0.39 is 18.3 Å². The van der Waals surface area contributed by atoms with E-state index in [1.807, 2.05) is 11.0 Å². The van der Waals surface area contributed by atoms with Crippen LogP contribution in [0, 0.1) is 0 Å². The number of nitrogens with zero attached hydrogens (tertiary/aromatic N) is 3. The molecule has 9 heteroatoms. The van der Waals surface area contributed by atoms with Gasteiger partial charge in [-0.05, 0) is 49.5 Å². The summed E-state index contributed by atoms with van der Waals surface area (Å²) in [5, 5.41) is 4.40. The Morgan fingerprint density at radius 1 is 1.21 bits per heavy atom. The molecule has 0 spiro atoms. The third kappa shape index (κ3) is 3.72. The number of fused-ring (bicyclic) bond motifs is 1. The van der Waals surface area contributed by atoms with Gasteiger partial charge < -0.3 is 20.1 Å². The number of aromatic nitrogens is 2. The first-order valence-corrected chi connectivity index (χ1v) is 9.55. The summed E-state index contributed by atoms with van der Waals surface area (Å²) in [5.74, 6) is 0.421. The quantitative estimate of drug-likeness (QED) is 0.816. The molecule has 0 saturated heterocycles. The number of benzene rings is 1. The summed E-state index contributed by atoms with van der Waals surface area (Å²) in [6.45, 7) is 0. The standard InChI is InChI=1S/C20H23F3N4O2/c1-28-19(9-3-2-4-10-19)27-17(24)8-11-26-18(27)16(13-25-26)14-6-5-7-15(12-14)29-20(21,22)23/h5-8,11-13,17H,2-4,9-10,24H2,1H3. The number of rotatable bonds is 4. The average molecular weight is 408 g/mol. The molecule has 1 aromatic heterocycles. The number of ether oxygens (including phenoxy) is 2. The third-order valence-electron chi connectivity index (χ3n) is 5.55. The number of anilines is 1. The zero-order valence-corrected chi connectivity index (χ0v) is 16.0. The minimum absolute atomic E-state index is 0.281. The molecule has 1 saturated carbocycles. The van der Waals surface area contributed by atoms with E-state index in [1.165, 1.54) is 18.2 Å². The van der Waals surface area contributed by atoms with Crippen LogP contribution in [0.3, 0.4) is 0 Å². The predicted octanol–water partition coefficient (Wildman–Crippen LogP) is 4.33. The van der Waals surface area contributed by atoms with Crippen molar-refractivity contribution in [3.63, 3.8) is 0 Å². The summed E-state index contributed by atoms with van der Waals surface area (Å²) < 4.78 is 49.7. The number of alkyl halides is 3. The van der Waals surface area contributed by atoms with E-state index in [-0.39, 0.29) is 5.75 Å². The van der Waals surface area contributed by atoms with E-state index in [2.05, 4.69) is 9.84 Å². The van der Waals surface area contributed by atoms with Gasteiger partial charge in [0.2, 0.25) is 0 Å². The topological polar surface area (TPSA) is 65.5 Å². The lowest BCUT2D eigenvalue weighted by Gasteiger charge is -2.49. The van der Waals surface area contributed by atoms with Crippen LogP contribution in [-0.2, 0) is 4.74 Å². The highest BCUT2D eigenvalue weighted by molar-refractivity contribution is 5.79. The van der Waals surface area contributed by atoms with Gasteiger partial charge in [-0.3, -0.25) is 0 Å². The van der Waals surface area contributed by atoms with Crippen LogP contribution in [-0.4, -0.2) is 35.1 Å². The molecule has 29 heavy (non-hydrogen) atoms. The van der Waals surface area contributed by atoms with Gasteiger partial charge in [0, 0.05) is 18.9 Å². The molecule has 156 valence electrons. The Morgan fingerprint density at radius 2 is 1.97 bits per heavy atom. The number of hydrogen-bond donors (Lipinski definition) is 1. The van der Waals surface area contributed by atoms with E-state index in [0.717, 1.165) is 32.1 Å². The van der Waals surface area contributed by atoms with Crippen molar-refractivity contribution in [3.05, 3.63) is 36.5 Å². The lowest BCUT2D eigenvalue weighted by atomic mass is 9.89. The van der Waals surface area contributed by atoms with E-state index in [9.17, 15) is 13.2 Å². The largest absolute Gasteiger partial charge is 0.573 e. The molecule has 2 N–H and O–H groups in total. The van der Waals surface area contributed by atoms with Crippen molar-refractivity contribution in [2.24, 2.45) is 5.73 Å². The van der Waals surface area contributed by atoms with Crippen LogP contribution in [0.25, 0.3) is 17.3 Å². The molecule has 2 heterocycles. The highest BCUT2D eigenvalue weighted by Gasteiger charge is 2.44. The molecule has 1 aliphatic heterocycles. The van der Waals surface area contributed by atoms with Crippen LogP contribution in [0.4, 0.5) is 19.0 Å². The maximum Gasteiger partial charge on any atom is 0.573 e. The molecule has 6 nitrogen and oxygen atoms in total. The number of hydrogen-bond acceptors (Lipinski definition) is 5. The van der Waals surface area contributed by atoms with Crippen LogP contribution in [0.5, 0.6) is 5.75 Å². The van der Waals surface area contributed by atoms with Crippen LogP contribution >= 0.6 is 0 Å². The fraction of sp³-hybridized carbons (Fsp3) is 0.450. The van der Waals surface area contributed by atoms with Crippen LogP contribution in [0.1, 0.15) is 32.1 Å². The maximum atomic E-state index is 12.7. The fourth-order valence-corrected chi connectivity index (χ4v) is 4.28. The zero-order valence-electron chi connectivity index (χ0n) is 16.0. The molecule has 1 fully saturated rings. The van der Waals surface area contributed by atoms with Gasteiger partial charge in [0.1, 0.15) is 23.5 Å². The highest BCUT2D eigenvalue weighted by Crippen LogP contribution is 2.44. The van der Waals surface area contributed by atoms with Crippen LogP contribution < -0.4 is 15.4 Å². The van der Waals surface area contributed by atoms with Gasteiger partial charge >= 0.3 is 6.36 Å². The highest BCUT2D eigenvalue weighted by atomic mass is 19.4. The van der Waals surface area contributed by atoms with Crippen molar-refractivity contribution in [3.8, 4) is 16.9 Å². The molecule has 0 amide bonds. The van der Waals surface area contributed by atoms with E-state index >= 15 is 0 Å². The van der Waals surface area contributed by atoms with Gasteiger partial charge in [0.25, 0.3) is 0 Å². The molecule has 1 aromatic carbocycles. The summed E-state index contributed by atoms with van der Waals surface area (Å²) in [6, 6.07) is 5.88. The van der Waals surface area contributed by atoms with Crippen LogP contribution in [0.2, 0.25) is 0 Å². The van der Waals surface area contributed by atoms with E-state index in [4.69, 9.17) is 10.5 Å². The van der Waals surface area contributed by atoms with Crippen molar-refractivity contribution in [1.82, 2.24) is 9.78 Å². The summed E-state index contributed by atoms with van der Waals surface area (Å²) in [5.41, 5.74) is 7.09. The summed E-state index contributed by atoms with van der Waals surface area (Å²) >= 11 is 0. The second kappa shape index (κ2) is 7.38. The van der Waals surface area contributed by atoms with Crippen molar-refractivity contribution in [2.75, 3.05) is 12.0 Å². The zero-order chi connectivity index (χ0) is 20.6. The minimum Gasteiger partial charge on any atom is -0.406 e. The molecule has 1 aliphatic carbocycles. The van der Waals surface area contributed by atoms with Crippen molar-refractivity contribution < 1.29 is 22.6 Å². The first-order valence-electron chi connectivity index (χ1n) is 9.55. The Kier molecular flexibility index (Phi) is 5.04. The average Bonchev–Trinajstić information content (AvgIpc) is 3.11. The van der Waals surface area contributed by atoms with Gasteiger partial charge in [-0.2, -0.15) is 5.10 Å². The molecule has 4 rings (SSSR count). The Balaban J connectivity index is 1.79. The Bertz CT molecular complexity index is 903. The van der Waals surface area contributed by atoms with Crippen molar-refractivity contribution in [2.45, 2.75) is 50.4 Å². The van der Waals surface area contributed by atoms with Crippen molar-refractivity contribution >= 4 is 12.0 Å². The lowest BCUT2D eigenvalue weighted by Crippen LogP contribution is -2.60. The number of methoxy groups -OCH3 is 1. The van der Waals surface area contributed by atoms with Gasteiger partial charge in [-0.25, -0.2) is 4.68 Å². The predicted molar refractivity (Wildman–Crippen MR) is 103 cm³/mol. The second-order valence-electron chi connectivity index (χ2n) is 7.32. The summed E-state index contributed by atoms with van der Waals surface area (Å²) in [7, 11) is 1.68. The normalized spacial score (nSPS) is 21.1. The minimum atomic E-state index is -4.75. The molecule has 2 aliphatic rings. The molecular formula is C20H23F3N4O2. The van der Waals surface area contributed by atoms with Gasteiger partial charge in [-0.1, -0.05) is 18.6 Å². The fourth-order valence-electron chi connectivity index (χ4n) is 4.28. The van der Waals surface area contributed by atoms with Crippen molar-refractivity contribution in [1.29, 1.82) is 0 Å². The maximum absolute atomic E-state index is 12.7. The Morgan fingerprint density at radius 3 is 2.66 bits per heavy atom. The first-order chi connectivity index (χ1) is 13.8.